The molecule has 0 atom stereocenters. The Morgan fingerprint density at radius 3 is 3.10 bits per heavy atom. The van der Waals surface area contributed by atoms with E-state index in [9.17, 15) is 10.1 Å². The number of hydrogen-bond donors (Lipinski definition) is 1. The second-order valence-electron chi connectivity index (χ2n) is 1.61. The monoisotopic (exact) mass is 142 g/mol. The molecule has 4 nitrogen and oxygen atoms in total. The van der Waals surface area contributed by atoms with Crippen molar-refractivity contribution in [3.8, 4) is 0 Å². The predicted octanol–water partition coefficient (Wildman–Crippen LogP) is 1.18. The number of hydrogen-bond acceptors (Lipinski definition) is 3. The summed E-state index contributed by atoms with van der Waals surface area (Å²) < 4.78 is 28.2. The lowest BCUT2D eigenvalue weighted by atomic mass is 10.3. The Morgan fingerprint density at radius 1 is 1.70 bits per heavy atom. The third kappa shape index (κ3) is 1.22. The molecule has 0 saturated heterocycles. The second-order valence-corrected chi connectivity index (χ2v) is 1.61. The van der Waals surface area contributed by atoms with Crippen LogP contribution in [-0.2, 0) is 0 Å². The van der Waals surface area contributed by atoms with Crippen molar-refractivity contribution in [3.63, 3.8) is 0 Å². The Hall–Kier alpha value is -1.58. The van der Waals surface area contributed by atoms with Crippen LogP contribution < -0.4 is 5.72 Å². The van der Waals surface area contributed by atoms with Gasteiger partial charge in [-0.1, -0.05) is 0 Å². The fourth-order valence-corrected chi connectivity index (χ4v) is 0.476. The number of nitrogens with two attached hydrogens (primary N) is 1. The maximum absolute atomic E-state index is 10.4. The molecule has 0 unspecified atom stereocenters. The molecule has 0 radical (unpaired) electrons. The van der Waals surface area contributed by atoms with Crippen molar-refractivity contribution in [2.24, 2.45) is 0 Å². The summed E-state index contributed by atoms with van der Waals surface area (Å²) in [5, 5.41) is 10.4. The first-order chi connectivity index (χ1) is 6.45. The third-order valence-corrected chi connectivity index (χ3v) is 0.914. The Labute approximate surface area is 63.2 Å². The van der Waals surface area contributed by atoms with Gasteiger partial charge in [0.15, 0.2) is 2.82 Å². The number of nitro benzene ring substituents is 1. The smallest absolute Gasteiger partial charge is 0.269 e. The van der Waals surface area contributed by atoms with Gasteiger partial charge in [-0.15, -0.1) is 0 Å². The number of nitro groups is 1. The van der Waals surface area contributed by atoms with Crippen LogP contribution in [0.15, 0.2) is 24.2 Å². The highest BCUT2D eigenvalue weighted by Gasteiger charge is 2.00. The van der Waals surface area contributed by atoms with Crippen LogP contribution in [0, 0.1) is 10.1 Å². The standard InChI is InChI=1S/C6H6N2O2/c7-5-1-3-6(4-2-5)8(9)10/h1-4H,7H2/i1D,3D/hD2. The van der Waals surface area contributed by atoms with Gasteiger partial charge in [-0.05, 0) is 12.1 Å². The highest BCUT2D eigenvalue weighted by molar-refractivity contribution is 5.44. The molecule has 0 fully saturated rings. The van der Waals surface area contributed by atoms with Crippen molar-refractivity contribution in [1.29, 1.82) is 0 Å². The van der Waals surface area contributed by atoms with Gasteiger partial charge in [0.25, 0.3) is 5.69 Å². The Balaban J connectivity index is 3.33. The van der Waals surface area contributed by atoms with E-state index in [1.807, 2.05) is 0 Å². The molecule has 10 heavy (non-hydrogen) atoms. The van der Waals surface area contributed by atoms with E-state index >= 15 is 0 Å². The van der Waals surface area contributed by atoms with Crippen molar-refractivity contribution in [2.45, 2.75) is 0 Å². The van der Waals surface area contributed by atoms with E-state index in [4.69, 9.17) is 5.57 Å². The summed E-state index contributed by atoms with van der Waals surface area (Å²) >= 11 is 0. The number of nitrogen functional groups attached to an aromatic ring is 1. The van der Waals surface area contributed by atoms with Crippen LogP contribution in [0.3, 0.4) is 0 Å². The molecular weight excluding hydrogens is 132 g/mol. The second kappa shape index (κ2) is 2.34. The molecule has 0 spiro atoms. The summed E-state index contributed by atoms with van der Waals surface area (Å²) in [6.07, 6.45) is 0. The van der Waals surface area contributed by atoms with Crippen LogP contribution in [0.4, 0.5) is 11.4 Å². The van der Waals surface area contributed by atoms with Crippen LogP contribution >= 0.6 is 0 Å². The van der Waals surface area contributed by atoms with E-state index in [1.54, 1.807) is 0 Å². The molecule has 1 aromatic carbocycles. The summed E-state index contributed by atoms with van der Waals surface area (Å²) in [5.74, 6) is 0. The minimum Gasteiger partial charge on any atom is -0.399 e. The minimum absolute atomic E-state index is 0.143. The van der Waals surface area contributed by atoms with Crippen LogP contribution in [0.1, 0.15) is 2.74 Å². The van der Waals surface area contributed by atoms with Gasteiger partial charge >= 0.3 is 0 Å². The summed E-state index contributed by atoms with van der Waals surface area (Å²) in [4.78, 5) is 9.57. The summed E-state index contributed by atoms with van der Waals surface area (Å²) in [6, 6.07) is 1.02. The van der Waals surface area contributed by atoms with Crippen molar-refractivity contribution in [3.05, 3.63) is 34.3 Å². The maximum atomic E-state index is 10.4. The molecule has 0 aliphatic rings. The van der Waals surface area contributed by atoms with Crippen molar-refractivity contribution < 1.29 is 10.5 Å². The van der Waals surface area contributed by atoms with Gasteiger partial charge in [0.05, 0.1) is 7.66 Å². The van der Waals surface area contributed by atoms with Gasteiger partial charge in [0, 0.05) is 17.8 Å². The first kappa shape index (κ1) is 3.01. The van der Waals surface area contributed by atoms with Gasteiger partial charge < -0.3 is 5.72 Å². The summed E-state index contributed by atoms with van der Waals surface area (Å²) in [7, 11) is 0. The first-order valence-electron chi connectivity index (χ1n) is 4.37. The largest absolute Gasteiger partial charge is 0.399 e. The lowest BCUT2D eigenvalue weighted by Crippen LogP contribution is -1.88. The van der Waals surface area contributed by atoms with Gasteiger partial charge in [0.2, 0.25) is 0 Å². The molecule has 0 amide bonds. The van der Waals surface area contributed by atoms with Gasteiger partial charge in [-0.2, -0.15) is 0 Å². The number of nitrogens with zero attached hydrogens (tertiary/aromatic N) is 1. The van der Waals surface area contributed by atoms with Crippen LogP contribution in [0.2, 0.25) is 2.82 Å². The van der Waals surface area contributed by atoms with Gasteiger partial charge in [-0.3, -0.25) is 10.1 Å². The Morgan fingerprint density at radius 2 is 2.50 bits per heavy atom. The van der Waals surface area contributed by atoms with Crippen molar-refractivity contribution in [2.75, 3.05) is 5.72 Å². The molecule has 1 rings (SSSR count). The molecular formula is C6H6N2O2. The zero-order valence-corrected chi connectivity index (χ0v) is 4.87. The number of rotatable bonds is 2. The molecule has 52 valence electrons. The van der Waals surface area contributed by atoms with Gasteiger partial charge in [0.1, 0.15) is 0 Å². The number of anilines is 1. The van der Waals surface area contributed by atoms with E-state index in [2.05, 4.69) is 0 Å². The summed E-state index contributed by atoms with van der Waals surface area (Å²) in [6.45, 7) is 0. The maximum Gasteiger partial charge on any atom is 0.269 e. The van der Waals surface area contributed by atoms with Crippen LogP contribution in [-0.4, -0.2) is 4.92 Å². The quantitative estimate of drug-likeness (QED) is 0.383. The first-order valence-corrected chi connectivity index (χ1v) is 2.47. The fraction of sp³-hybridized carbons (Fsp3) is 0. The molecule has 0 bridgehead atoms. The zero-order chi connectivity index (χ0) is 10.9. The van der Waals surface area contributed by atoms with Crippen LogP contribution in [0.25, 0.3) is 0 Å². The Kier molecular flexibility index (Phi) is 0.705. The molecule has 0 aromatic heterocycles. The molecule has 0 aliphatic heterocycles. The SMILES string of the molecule is [2H]c1c(N([2H])[2H])ccc([N+](=O)[O-])c1[2H]. The van der Waals surface area contributed by atoms with Crippen LogP contribution in [0.5, 0.6) is 0 Å². The van der Waals surface area contributed by atoms with E-state index < -0.39 is 22.7 Å². The predicted molar refractivity (Wildman–Crippen MR) is 37.5 cm³/mol. The highest BCUT2D eigenvalue weighted by atomic mass is 16.6. The average molecular weight is 142 g/mol. The lowest BCUT2D eigenvalue weighted by Gasteiger charge is -1.90. The molecule has 4 heteroatoms. The number of benzene rings is 1. The van der Waals surface area contributed by atoms with E-state index in [0.717, 1.165) is 12.1 Å². The molecule has 0 aliphatic carbocycles. The normalized spacial score (nSPS) is 14.4. The summed E-state index contributed by atoms with van der Waals surface area (Å²) in [5.41, 5.74) is -0.523. The van der Waals surface area contributed by atoms with E-state index in [1.165, 1.54) is 0 Å². The molecule has 0 saturated carbocycles. The lowest BCUT2D eigenvalue weighted by molar-refractivity contribution is -0.384. The zero-order valence-electron chi connectivity index (χ0n) is 8.87. The average Bonchev–Trinajstić information content (AvgIpc) is 2.08. The van der Waals surface area contributed by atoms with Gasteiger partial charge in [-0.25, -0.2) is 0 Å². The van der Waals surface area contributed by atoms with Crippen molar-refractivity contribution >= 4 is 11.4 Å². The van der Waals surface area contributed by atoms with Crippen molar-refractivity contribution in [1.82, 2.24) is 0 Å². The van der Waals surface area contributed by atoms with E-state index in [0.29, 0.717) is 0 Å². The topological polar surface area (TPSA) is 69.2 Å². The molecule has 1 aromatic rings. The third-order valence-electron chi connectivity index (χ3n) is 0.914. The molecule has 2 N–H and O–H groups in total. The highest BCUT2D eigenvalue weighted by Crippen LogP contribution is 2.11. The Bertz CT molecular complexity index is 382. The minimum atomic E-state index is -0.775. The fourth-order valence-electron chi connectivity index (χ4n) is 0.476. The molecule has 0 heterocycles. The van der Waals surface area contributed by atoms with E-state index in [-0.39, 0.29) is 11.4 Å².